The molecule has 0 amide bonds. The number of carbonyl (C=O) groups is 1. The van der Waals surface area contributed by atoms with E-state index in [1.165, 1.54) is 19.2 Å². The molecule has 4 rings (SSSR count). The maximum atomic E-state index is 13.3. The third-order valence-corrected chi connectivity index (χ3v) is 6.23. The number of rotatable bonds is 9. The van der Waals surface area contributed by atoms with Gasteiger partial charge in [-0.15, -0.1) is 0 Å². The van der Waals surface area contributed by atoms with Crippen LogP contribution in [-0.4, -0.2) is 46.5 Å². The number of esters is 1. The molecule has 3 aromatic rings. The molecule has 1 aliphatic heterocycles. The van der Waals surface area contributed by atoms with Crippen molar-refractivity contribution in [3.8, 4) is 11.5 Å². The van der Waals surface area contributed by atoms with Gasteiger partial charge in [0.15, 0.2) is 11.5 Å². The van der Waals surface area contributed by atoms with Gasteiger partial charge in [0.2, 0.25) is 0 Å². The lowest BCUT2D eigenvalue weighted by molar-refractivity contribution is 0.0600. The molecule has 36 heavy (non-hydrogen) atoms. The van der Waals surface area contributed by atoms with Crippen LogP contribution in [0.15, 0.2) is 54.6 Å². The Morgan fingerprint density at radius 3 is 2.58 bits per heavy atom. The van der Waals surface area contributed by atoms with Gasteiger partial charge >= 0.3 is 5.97 Å². The van der Waals surface area contributed by atoms with E-state index in [1.54, 1.807) is 19.2 Å². The van der Waals surface area contributed by atoms with E-state index < -0.39 is 5.82 Å². The van der Waals surface area contributed by atoms with Gasteiger partial charge in [0, 0.05) is 30.9 Å². The first kappa shape index (κ1) is 25.6. The van der Waals surface area contributed by atoms with Crippen molar-refractivity contribution in [3.63, 3.8) is 0 Å². The smallest absolute Gasteiger partial charge is 0.340 e. The fourth-order valence-electron chi connectivity index (χ4n) is 3.94. The first-order chi connectivity index (χ1) is 17.5. The monoisotopic (exact) mass is 514 g/mol. The molecule has 0 aliphatic carbocycles. The van der Waals surface area contributed by atoms with Gasteiger partial charge in [-0.1, -0.05) is 23.7 Å². The maximum Gasteiger partial charge on any atom is 0.340 e. The lowest BCUT2D eigenvalue weighted by Crippen LogP contribution is -2.37. The van der Waals surface area contributed by atoms with Crippen LogP contribution in [0.5, 0.6) is 11.5 Å². The van der Waals surface area contributed by atoms with Gasteiger partial charge < -0.3 is 29.2 Å². The van der Waals surface area contributed by atoms with E-state index in [2.05, 4.69) is 10.2 Å². The first-order valence-electron chi connectivity index (χ1n) is 11.5. The van der Waals surface area contributed by atoms with Crippen LogP contribution in [0.25, 0.3) is 0 Å². The molecule has 9 heteroatoms. The fraction of sp³-hybridized carbons (Fsp3) is 0.296. The number of hydrogen-bond acceptors (Lipinski definition) is 7. The number of nitrogens with zero attached hydrogens (tertiary/aromatic N) is 1. The van der Waals surface area contributed by atoms with Gasteiger partial charge in [0.05, 0.1) is 43.7 Å². The molecule has 0 spiro atoms. The molecule has 0 atom stereocenters. The molecule has 0 radical (unpaired) electrons. The second-order valence-electron chi connectivity index (χ2n) is 8.19. The number of anilines is 2. The van der Waals surface area contributed by atoms with Crippen molar-refractivity contribution in [1.29, 1.82) is 0 Å². The van der Waals surface area contributed by atoms with Crippen molar-refractivity contribution in [2.75, 3.05) is 50.7 Å². The summed E-state index contributed by atoms with van der Waals surface area (Å²) in [6, 6.07) is 15.5. The summed E-state index contributed by atoms with van der Waals surface area (Å²) in [5, 5.41) is 3.66. The summed E-state index contributed by atoms with van der Waals surface area (Å²) in [4.78, 5) is 14.6. The number of ether oxygens (including phenoxy) is 4. The molecule has 0 unspecified atom stereocenters. The number of benzene rings is 3. The molecular weight excluding hydrogens is 487 g/mol. The SMILES string of the molecule is COC(=O)c1cc(NCc2ccc(OCc3ccc(F)cc3Cl)c(OC)c2)ccc1N1CCOCC1. The van der Waals surface area contributed by atoms with Gasteiger partial charge in [-0.25, -0.2) is 9.18 Å². The number of nitrogens with one attached hydrogen (secondary N) is 1. The third-order valence-electron chi connectivity index (χ3n) is 5.88. The molecule has 1 aliphatic rings. The van der Waals surface area contributed by atoms with Crippen LogP contribution in [0, 0.1) is 5.82 Å². The van der Waals surface area contributed by atoms with Crippen LogP contribution < -0.4 is 19.7 Å². The number of carbonyl (C=O) groups excluding carboxylic acids is 1. The van der Waals surface area contributed by atoms with Crippen LogP contribution >= 0.6 is 11.6 Å². The second-order valence-corrected chi connectivity index (χ2v) is 8.59. The molecule has 0 bridgehead atoms. The minimum Gasteiger partial charge on any atom is -0.493 e. The topological polar surface area (TPSA) is 69.3 Å². The zero-order valence-corrected chi connectivity index (χ0v) is 20.9. The van der Waals surface area contributed by atoms with Crippen LogP contribution in [0.1, 0.15) is 21.5 Å². The van der Waals surface area contributed by atoms with Gasteiger partial charge in [0.25, 0.3) is 0 Å². The van der Waals surface area contributed by atoms with E-state index >= 15 is 0 Å². The zero-order chi connectivity index (χ0) is 25.5. The summed E-state index contributed by atoms with van der Waals surface area (Å²) in [6.45, 7) is 3.37. The first-order valence-corrected chi connectivity index (χ1v) is 11.9. The van der Waals surface area contributed by atoms with Crippen LogP contribution in [0.3, 0.4) is 0 Å². The summed E-state index contributed by atoms with van der Waals surface area (Å²) in [7, 11) is 2.95. The van der Waals surface area contributed by atoms with Crippen molar-refractivity contribution in [3.05, 3.63) is 82.1 Å². The highest BCUT2D eigenvalue weighted by molar-refractivity contribution is 6.31. The van der Waals surface area contributed by atoms with Crippen molar-refractivity contribution < 1.29 is 28.1 Å². The van der Waals surface area contributed by atoms with Gasteiger partial charge in [0.1, 0.15) is 12.4 Å². The van der Waals surface area contributed by atoms with Gasteiger partial charge in [-0.3, -0.25) is 0 Å². The minimum atomic E-state index is -0.396. The summed E-state index contributed by atoms with van der Waals surface area (Å²) in [5.41, 5.74) is 3.76. The average molecular weight is 515 g/mol. The van der Waals surface area contributed by atoms with Gasteiger partial charge in [-0.2, -0.15) is 0 Å². The van der Waals surface area contributed by atoms with Crippen molar-refractivity contribution >= 4 is 28.9 Å². The Hall–Kier alpha value is -3.49. The molecule has 1 saturated heterocycles. The Labute approximate surface area is 214 Å². The number of hydrogen-bond donors (Lipinski definition) is 1. The zero-order valence-electron chi connectivity index (χ0n) is 20.2. The third kappa shape index (κ3) is 6.19. The molecule has 0 aromatic heterocycles. The van der Waals surface area contributed by atoms with E-state index in [0.29, 0.717) is 47.4 Å². The maximum absolute atomic E-state index is 13.3. The fourth-order valence-corrected chi connectivity index (χ4v) is 4.16. The predicted molar refractivity (Wildman–Crippen MR) is 137 cm³/mol. The summed E-state index contributed by atoms with van der Waals surface area (Å²) in [6.07, 6.45) is 0. The predicted octanol–water partition coefficient (Wildman–Crippen LogP) is 5.30. The quantitative estimate of drug-likeness (QED) is 0.388. The van der Waals surface area contributed by atoms with Gasteiger partial charge in [-0.05, 0) is 48.0 Å². The largest absolute Gasteiger partial charge is 0.493 e. The summed E-state index contributed by atoms with van der Waals surface area (Å²) in [5.74, 6) is 0.326. The molecular formula is C27H28ClFN2O5. The van der Waals surface area contributed by atoms with Crippen molar-refractivity contribution in [2.45, 2.75) is 13.2 Å². The molecule has 7 nitrogen and oxygen atoms in total. The normalized spacial score (nSPS) is 13.3. The highest BCUT2D eigenvalue weighted by atomic mass is 35.5. The standard InChI is InChI=1S/C27H28ClFN2O5/c1-33-26-13-18(3-8-25(26)36-17-19-4-5-20(29)14-23(19)28)16-30-21-6-7-24(22(15-21)27(32)34-2)31-9-11-35-12-10-31/h3-8,13-15,30H,9-12,16-17H2,1-2H3. The van der Waals surface area contributed by atoms with E-state index in [0.717, 1.165) is 30.0 Å². The Bertz CT molecular complexity index is 1220. The van der Waals surface area contributed by atoms with E-state index in [1.807, 2.05) is 30.3 Å². The van der Waals surface area contributed by atoms with Crippen molar-refractivity contribution in [1.82, 2.24) is 0 Å². The van der Waals surface area contributed by atoms with E-state index in [-0.39, 0.29) is 12.6 Å². The Kier molecular flexibility index (Phi) is 8.51. The van der Waals surface area contributed by atoms with Crippen LogP contribution in [0.2, 0.25) is 5.02 Å². The Morgan fingerprint density at radius 1 is 1.06 bits per heavy atom. The molecule has 3 aromatic carbocycles. The number of methoxy groups -OCH3 is 2. The second kappa shape index (κ2) is 12.0. The van der Waals surface area contributed by atoms with E-state index in [4.69, 9.17) is 30.5 Å². The van der Waals surface area contributed by atoms with Crippen LogP contribution in [-0.2, 0) is 22.6 Å². The minimum absolute atomic E-state index is 0.179. The lowest BCUT2D eigenvalue weighted by atomic mass is 10.1. The summed E-state index contributed by atoms with van der Waals surface area (Å²) < 4.78 is 35.1. The van der Waals surface area contributed by atoms with Crippen LogP contribution in [0.4, 0.5) is 15.8 Å². The number of halogens is 2. The average Bonchev–Trinajstić information content (AvgIpc) is 2.91. The Balaban J connectivity index is 1.44. The highest BCUT2D eigenvalue weighted by Crippen LogP contribution is 2.31. The van der Waals surface area contributed by atoms with Crippen molar-refractivity contribution in [2.24, 2.45) is 0 Å². The Morgan fingerprint density at radius 2 is 1.86 bits per heavy atom. The lowest BCUT2D eigenvalue weighted by Gasteiger charge is -2.30. The summed E-state index contributed by atoms with van der Waals surface area (Å²) >= 11 is 6.09. The molecule has 1 heterocycles. The van der Waals surface area contributed by atoms with E-state index in [9.17, 15) is 9.18 Å². The molecule has 0 saturated carbocycles. The molecule has 1 fully saturated rings. The molecule has 1 N–H and O–H groups in total. The molecule has 190 valence electrons. The number of morpholine rings is 1. The highest BCUT2D eigenvalue weighted by Gasteiger charge is 2.20.